The van der Waals surface area contributed by atoms with Gasteiger partial charge in [0.05, 0.1) is 10.6 Å². The average molecular weight is 324 g/mol. The largest absolute Gasteiger partial charge is 0.399 e. The Morgan fingerprint density at radius 2 is 1.83 bits per heavy atom. The molecule has 0 bridgehead atoms. The molecule has 2 N–H and O–H groups in total. The lowest BCUT2D eigenvalue weighted by Crippen LogP contribution is -2.27. The SMILES string of the molecule is C/C(=C1/SC(=O)N(c2cccc(C)c2)C1=O)c1cccc(N)c1. The summed E-state index contributed by atoms with van der Waals surface area (Å²) in [4.78, 5) is 26.7. The van der Waals surface area contributed by atoms with Crippen LogP contribution in [-0.4, -0.2) is 11.1 Å². The van der Waals surface area contributed by atoms with Gasteiger partial charge in [-0.25, -0.2) is 4.90 Å². The minimum atomic E-state index is -0.287. The van der Waals surface area contributed by atoms with Gasteiger partial charge in [0.15, 0.2) is 0 Å². The molecule has 3 rings (SSSR count). The van der Waals surface area contributed by atoms with Gasteiger partial charge in [0.2, 0.25) is 0 Å². The number of carbonyl (C=O) groups is 2. The summed E-state index contributed by atoms with van der Waals surface area (Å²) in [5.41, 5.74) is 9.63. The molecule has 23 heavy (non-hydrogen) atoms. The third kappa shape index (κ3) is 2.87. The second-order valence-electron chi connectivity index (χ2n) is 5.43. The van der Waals surface area contributed by atoms with Crippen LogP contribution in [0.25, 0.3) is 5.57 Å². The number of hydrogen-bond donors (Lipinski definition) is 1. The Bertz CT molecular complexity index is 842. The Morgan fingerprint density at radius 1 is 1.09 bits per heavy atom. The molecular formula is C18H16N2O2S. The van der Waals surface area contributed by atoms with E-state index in [1.165, 1.54) is 4.90 Å². The summed E-state index contributed by atoms with van der Waals surface area (Å²) >= 11 is 0.968. The molecule has 4 nitrogen and oxygen atoms in total. The van der Waals surface area contributed by atoms with E-state index in [1.54, 1.807) is 18.2 Å². The number of benzene rings is 2. The van der Waals surface area contributed by atoms with E-state index in [2.05, 4.69) is 0 Å². The van der Waals surface area contributed by atoms with Crippen molar-refractivity contribution in [2.24, 2.45) is 0 Å². The second-order valence-corrected chi connectivity index (χ2v) is 6.39. The molecule has 0 aliphatic carbocycles. The van der Waals surface area contributed by atoms with Crippen LogP contribution in [-0.2, 0) is 4.79 Å². The highest BCUT2D eigenvalue weighted by Crippen LogP contribution is 2.39. The van der Waals surface area contributed by atoms with Gasteiger partial charge in [-0.15, -0.1) is 0 Å². The molecule has 1 aliphatic heterocycles. The maximum absolute atomic E-state index is 12.7. The molecular weight excluding hydrogens is 308 g/mol. The van der Waals surface area contributed by atoms with E-state index in [-0.39, 0.29) is 11.1 Å². The van der Waals surface area contributed by atoms with E-state index in [9.17, 15) is 9.59 Å². The van der Waals surface area contributed by atoms with Gasteiger partial charge < -0.3 is 5.73 Å². The number of nitrogen functional groups attached to an aromatic ring is 1. The Labute approximate surface area is 139 Å². The van der Waals surface area contributed by atoms with Crippen molar-refractivity contribution < 1.29 is 9.59 Å². The van der Waals surface area contributed by atoms with E-state index in [0.717, 1.165) is 28.5 Å². The second kappa shape index (κ2) is 5.93. The fraction of sp³-hybridized carbons (Fsp3) is 0.111. The quantitative estimate of drug-likeness (QED) is 0.664. The first kappa shape index (κ1) is 15.4. The fourth-order valence-corrected chi connectivity index (χ4v) is 3.39. The van der Waals surface area contributed by atoms with Crippen molar-refractivity contribution in [3.8, 4) is 0 Å². The van der Waals surface area contributed by atoms with Crippen LogP contribution in [0.3, 0.4) is 0 Å². The molecule has 1 aliphatic rings. The number of hydrogen-bond acceptors (Lipinski definition) is 4. The Hall–Kier alpha value is -2.53. The molecule has 0 saturated carbocycles. The monoisotopic (exact) mass is 324 g/mol. The first-order valence-electron chi connectivity index (χ1n) is 7.17. The molecule has 2 aromatic carbocycles. The molecule has 0 unspecified atom stereocenters. The van der Waals surface area contributed by atoms with Crippen LogP contribution in [0.5, 0.6) is 0 Å². The number of amides is 2. The summed E-state index contributed by atoms with van der Waals surface area (Å²) in [5.74, 6) is -0.287. The summed E-state index contributed by atoms with van der Waals surface area (Å²) in [6, 6.07) is 14.7. The molecule has 0 spiro atoms. The van der Waals surface area contributed by atoms with Crippen molar-refractivity contribution in [1.29, 1.82) is 0 Å². The van der Waals surface area contributed by atoms with Crippen LogP contribution < -0.4 is 10.6 Å². The van der Waals surface area contributed by atoms with Gasteiger partial charge in [-0.05, 0) is 66.6 Å². The number of anilines is 2. The van der Waals surface area contributed by atoms with Crippen LogP contribution in [0.15, 0.2) is 53.4 Å². The molecule has 5 heteroatoms. The number of nitrogens with two attached hydrogens (primary N) is 1. The maximum Gasteiger partial charge on any atom is 0.298 e. The van der Waals surface area contributed by atoms with Crippen molar-refractivity contribution in [2.45, 2.75) is 13.8 Å². The zero-order valence-corrected chi connectivity index (χ0v) is 13.7. The first-order chi connectivity index (χ1) is 11.0. The molecule has 0 atom stereocenters. The van der Waals surface area contributed by atoms with Gasteiger partial charge in [-0.3, -0.25) is 9.59 Å². The number of rotatable bonds is 2. The van der Waals surface area contributed by atoms with Gasteiger partial charge in [0.25, 0.3) is 11.1 Å². The van der Waals surface area contributed by atoms with Crippen molar-refractivity contribution in [2.75, 3.05) is 10.6 Å². The van der Waals surface area contributed by atoms with Crippen molar-refractivity contribution in [1.82, 2.24) is 0 Å². The molecule has 2 amide bonds. The normalized spacial score (nSPS) is 16.9. The lowest BCUT2D eigenvalue weighted by Gasteiger charge is -2.13. The van der Waals surface area contributed by atoms with Crippen LogP contribution in [0.1, 0.15) is 18.1 Å². The number of thioether (sulfide) groups is 1. The van der Waals surface area contributed by atoms with Gasteiger partial charge in [0.1, 0.15) is 0 Å². The molecule has 2 aromatic rings. The smallest absolute Gasteiger partial charge is 0.298 e. The number of nitrogens with zero attached hydrogens (tertiary/aromatic N) is 1. The maximum atomic E-state index is 12.7. The minimum Gasteiger partial charge on any atom is -0.399 e. The fourth-order valence-electron chi connectivity index (χ4n) is 2.49. The van der Waals surface area contributed by atoms with Crippen molar-refractivity contribution in [3.63, 3.8) is 0 Å². The number of allylic oxidation sites excluding steroid dienone is 1. The summed E-state index contributed by atoms with van der Waals surface area (Å²) in [7, 11) is 0. The zero-order valence-electron chi connectivity index (χ0n) is 12.9. The van der Waals surface area contributed by atoms with E-state index in [4.69, 9.17) is 5.73 Å². The summed E-state index contributed by atoms with van der Waals surface area (Å²) in [6.07, 6.45) is 0. The molecule has 1 heterocycles. The van der Waals surface area contributed by atoms with Gasteiger partial charge in [-0.1, -0.05) is 24.3 Å². The predicted octanol–water partition coefficient (Wildman–Crippen LogP) is 4.21. The summed E-state index contributed by atoms with van der Waals surface area (Å²) in [6.45, 7) is 3.76. The van der Waals surface area contributed by atoms with Crippen LogP contribution in [0.2, 0.25) is 0 Å². The van der Waals surface area contributed by atoms with Crippen molar-refractivity contribution in [3.05, 3.63) is 64.6 Å². The molecule has 116 valence electrons. The predicted molar refractivity (Wildman–Crippen MR) is 95.1 cm³/mol. The lowest BCUT2D eigenvalue weighted by molar-refractivity contribution is -0.113. The van der Waals surface area contributed by atoms with Crippen LogP contribution in [0.4, 0.5) is 16.2 Å². The molecule has 0 radical (unpaired) electrons. The third-order valence-electron chi connectivity index (χ3n) is 3.69. The van der Waals surface area contributed by atoms with E-state index in [1.807, 2.05) is 44.2 Å². The standard InChI is InChI=1S/C18H16N2O2S/c1-11-5-3-8-15(9-11)20-17(21)16(23-18(20)22)12(2)13-6-4-7-14(19)10-13/h3-10H,19H2,1-2H3/b16-12-. The van der Waals surface area contributed by atoms with Crippen molar-refractivity contribution >= 4 is 39.9 Å². The van der Waals surface area contributed by atoms with Gasteiger partial charge in [-0.2, -0.15) is 0 Å². The highest BCUT2D eigenvalue weighted by atomic mass is 32.2. The number of carbonyl (C=O) groups excluding carboxylic acids is 2. The Morgan fingerprint density at radius 3 is 2.52 bits per heavy atom. The third-order valence-corrected chi connectivity index (χ3v) is 4.73. The first-order valence-corrected chi connectivity index (χ1v) is 7.99. The lowest BCUT2D eigenvalue weighted by atomic mass is 10.1. The van der Waals surface area contributed by atoms with Gasteiger partial charge in [0, 0.05) is 5.69 Å². The Balaban J connectivity index is 2.02. The van der Waals surface area contributed by atoms with Crippen LogP contribution >= 0.6 is 11.8 Å². The molecule has 0 aromatic heterocycles. The van der Waals surface area contributed by atoms with Gasteiger partial charge >= 0.3 is 0 Å². The van der Waals surface area contributed by atoms with E-state index >= 15 is 0 Å². The molecule has 1 saturated heterocycles. The van der Waals surface area contributed by atoms with Crippen LogP contribution in [0, 0.1) is 6.92 Å². The number of aryl methyl sites for hydroxylation is 1. The zero-order chi connectivity index (χ0) is 16.6. The summed E-state index contributed by atoms with van der Waals surface area (Å²) < 4.78 is 0. The van der Waals surface area contributed by atoms with E-state index in [0.29, 0.717) is 16.3 Å². The Kier molecular flexibility index (Phi) is 3.96. The topological polar surface area (TPSA) is 63.4 Å². The summed E-state index contributed by atoms with van der Waals surface area (Å²) in [5, 5.41) is -0.279. The highest BCUT2D eigenvalue weighted by Gasteiger charge is 2.37. The minimum absolute atomic E-state index is 0.279. The highest BCUT2D eigenvalue weighted by molar-refractivity contribution is 8.19. The van der Waals surface area contributed by atoms with E-state index < -0.39 is 0 Å². The number of imide groups is 1. The molecule has 1 fully saturated rings. The average Bonchev–Trinajstić information content (AvgIpc) is 2.81.